The lowest BCUT2D eigenvalue weighted by atomic mass is 9.91. The molecule has 1 atom stereocenters. The van der Waals surface area contributed by atoms with Crippen molar-refractivity contribution in [3.63, 3.8) is 0 Å². The summed E-state index contributed by atoms with van der Waals surface area (Å²) >= 11 is 6.17. The zero-order valence-corrected chi connectivity index (χ0v) is 20.4. The van der Waals surface area contributed by atoms with Crippen LogP contribution in [0.5, 0.6) is 0 Å². The minimum Gasteiger partial charge on any atom is -0.326 e. The highest BCUT2D eigenvalue weighted by Gasteiger charge is 2.28. The number of hydrogen-bond acceptors (Lipinski definition) is 4. The lowest BCUT2D eigenvalue weighted by Gasteiger charge is -2.13. The summed E-state index contributed by atoms with van der Waals surface area (Å²) < 4.78 is 2.05. The van der Waals surface area contributed by atoms with Crippen molar-refractivity contribution in [3.8, 4) is 5.69 Å². The first kappa shape index (κ1) is 22.4. The van der Waals surface area contributed by atoms with Gasteiger partial charge in [-0.3, -0.25) is 14.2 Å². The molecule has 0 spiro atoms. The van der Waals surface area contributed by atoms with E-state index in [1.54, 1.807) is 0 Å². The van der Waals surface area contributed by atoms with E-state index in [1.165, 1.54) is 0 Å². The van der Waals surface area contributed by atoms with Gasteiger partial charge >= 0.3 is 0 Å². The van der Waals surface area contributed by atoms with Crippen molar-refractivity contribution >= 4 is 34.6 Å². The lowest BCUT2D eigenvalue weighted by Crippen LogP contribution is -2.12. The molecule has 1 aromatic heterocycles. The van der Waals surface area contributed by atoms with Gasteiger partial charge in [0.25, 0.3) is 0 Å². The first-order valence-electron chi connectivity index (χ1n) is 11.9. The summed E-state index contributed by atoms with van der Waals surface area (Å²) in [5.74, 6) is 1.36. The second-order valence-electron chi connectivity index (χ2n) is 9.29. The average molecular weight is 495 g/mol. The largest absolute Gasteiger partial charge is 0.326 e. The van der Waals surface area contributed by atoms with Gasteiger partial charge in [-0.15, -0.1) is 10.2 Å². The van der Waals surface area contributed by atoms with Crippen molar-refractivity contribution in [2.75, 3.05) is 5.32 Å². The van der Waals surface area contributed by atoms with E-state index in [2.05, 4.69) is 38.3 Å². The van der Waals surface area contributed by atoms with Crippen molar-refractivity contribution in [1.29, 1.82) is 0 Å². The highest BCUT2D eigenvalue weighted by Crippen LogP contribution is 2.38. The molecule has 2 aliphatic heterocycles. The number of para-hydroxylation sites is 1. The molecule has 7 heteroatoms. The fourth-order valence-corrected chi connectivity index (χ4v) is 5.27. The minimum absolute atomic E-state index is 0.0129. The zero-order chi connectivity index (χ0) is 24.8. The third kappa shape index (κ3) is 4.03. The van der Waals surface area contributed by atoms with Gasteiger partial charge in [-0.25, -0.2) is 0 Å². The normalized spacial score (nSPS) is 15.9. The monoisotopic (exact) mass is 494 g/mol. The number of aryl methyl sites for hydroxylation is 1. The van der Waals surface area contributed by atoms with E-state index in [0.29, 0.717) is 17.9 Å². The number of aromatic nitrogens is 3. The van der Waals surface area contributed by atoms with Crippen LogP contribution in [0.2, 0.25) is 5.02 Å². The number of ketones is 1. The van der Waals surface area contributed by atoms with Crippen LogP contribution in [0, 0.1) is 6.92 Å². The quantitative estimate of drug-likeness (QED) is 0.400. The third-order valence-corrected chi connectivity index (χ3v) is 7.04. The predicted molar refractivity (Wildman–Crippen MR) is 139 cm³/mol. The Hall–Kier alpha value is -4.03. The average Bonchev–Trinajstić information content (AvgIpc) is 3.39. The Morgan fingerprint density at radius 2 is 1.89 bits per heavy atom. The molecule has 178 valence electrons. The van der Waals surface area contributed by atoms with E-state index in [4.69, 9.17) is 11.6 Å². The van der Waals surface area contributed by atoms with Crippen LogP contribution in [0.15, 0.2) is 72.8 Å². The van der Waals surface area contributed by atoms with Gasteiger partial charge in [-0.1, -0.05) is 60.1 Å². The first-order chi connectivity index (χ1) is 17.5. The number of carbonyl (C=O) groups excluding carboxylic acids is 2. The van der Waals surface area contributed by atoms with Crippen LogP contribution in [0.1, 0.15) is 46.2 Å². The summed E-state index contributed by atoms with van der Waals surface area (Å²) in [5, 5.41) is 12.4. The number of benzene rings is 3. The molecular weight excluding hydrogens is 472 g/mol. The molecule has 2 aliphatic rings. The van der Waals surface area contributed by atoms with E-state index in [9.17, 15) is 9.59 Å². The van der Waals surface area contributed by atoms with E-state index in [-0.39, 0.29) is 24.0 Å². The van der Waals surface area contributed by atoms with Crippen molar-refractivity contribution in [2.45, 2.75) is 32.1 Å². The topological polar surface area (TPSA) is 76.9 Å². The second-order valence-corrected chi connectivity index (χ2v) is 9.72. The molecule has 1 N–H and O–H groups in total. The van der Waals surface area contributed by atoms with Crippen molar-refractivity contribution < 1.29 is 9.59 Å². The molecule has 0 fully saturated rings. The Morgan fingerprint density at radius 3 is 2.72 bits per heavy atom. The van der Waals surface area contributed by atoms with E-state index < -0.39 is 0 Å². The van der Waals surface area contributed by atoms with Crippen molar-refractivity contribution in [1.82, 2.24) is 14.8 Å². The smallest absolute Gasteiger partial charge is 0.228 e. The first-order valence-corrected chi connectivity index (χ1v) is 12.3. The maximum Gasteiger partial charge on any atom is 0.228 e. The third-order valence-electron chi connectivity index (χ3n) is 6.78. The number of anilines is 1. The molecule has 0 radical (unpaired) electrons. The van der Waals surface area contributed by atoms with Gasteiger partial charge in [0.2, 0.25) is 5.91 Å². The Bertz CT molecular complexity index is 1550. The molecule has 0 bridgehead atoms. The van der Waals surface area contributed by atoms with Gasteiger partial charge in [0.1, 0.15) is 17.4 Å². The van der Waals surface area contributed by atoms with Gasteiger partial charge in [-0.2, -0.15) is 0 Å². The van der Waals surface area contributed by atoms with Crippen LogP contribution in [-0.2, 0) is 22.4 Å². The number of hydrogen-bond donors (Lipinski definition) is 1. The summed E-state index contributed by atoms with van der Waals surface area (Å²) in [6, 6.07) is 21.7. The van der Waals surface area contributed by atoms with Crippen LogP contribution < -0.4 is 5.32 Å². The second kappa shape index (κ2) is 8.88. The molecule has 6 rings (SSSR count). The Labute approximate surface area is 213 Å². The molecule has 3 heterocycles. The van der Waals surface area contributed by atoms with Gasteiger partial charge in [0, 0.05) is 35.0 Å². The number of amides is 1. The Morgan fingerprint density at radius 1 is 1.08 bits per heavy atom. The van der Waals surface area contributed by atoms with E-state index in [1.807, 2.05) is 61.5 Å². The molecule has 1 amide bonds. The highest BCUT2D eigenvalue weighted by molar-refractivity contribution is 6.30. The molecule has 0 aliphatic carbocycles. The molecule has 0 saturated heterocycles. The SMILES string of the molecule is Cc1nnc2n1-c1ccccc1C(c1ccc(Cl)cc1)=C[C@@H]2CC(=O)Cc1ccc2c(c1)CC(=O)N2. The molecule has 36 heavy (non-hydrogen) atoms. The van der Waals surface area contributed by atoms with Crippen LogP contribution in [0.3, 0.4) is 0 Å². The standard InChI is InChI=1S/C29H23ClN4O2/c1-17-32-33-29-21(14-23(35)13-18-6-11-26-20(12-18)16-28(36)31-26)15-25(19-7-9-22(30)10-8-19)24-4-2-3-5-27(24)34(17)29/h2-12,15,21H,13-14,16H2,1H3,(H,31,36)/t21-/m0/s1. The molecule has 3 aromatic carbocycles. The molecule has 0 saturated carbocycles. The molecule has 0 unspecified atom stereocenters. The summed E-state index contributed by atoms with van der Waals surface area (Å²) in [6.45, 7) is 1.93. The fourth-order valence-electron chi connectivity index (χ4n) is 5.15. The van der Waals surface area contributed by atoms with E-state index in [0.717, 1.165) is 50.9 Å². The predicted octanol–water partition coefficient (Wildman–Crippen LogP) is 5.45. The van der Waals surface area contributed by atoms with Crippen LogP contribution in [0.25, 0.3) is 11.3 Å². The Balaban J connectivity index is 1.38. The highest BCUT2D eigenvalue weighted by atomic mass is 35.5. The van der Waals surface area contributed by atoms with E-state index >= 15 is 0 Å². The lowest BCUT2D eigenvalue weighted by molar-refractivity contribution is -0.118. The molecular formula is C29H23ClN4O2. The number of allylic oxidation sites excluding steroid dienone is 1. The number of Topliss-reactive ketones (excluding diaryl/α,β-unsaturated/α-hetero) is 1. The number of nitrogens with zero attached hydrogens (tertiary/aromatic N) is 3. The van der Waals surface area contributed by atoms with Crippen LogP contribution in [-0.4, -0.2) is 26.5 Å². The van der Waals surface area contributed by atoms with Gasteiger partial charge in [-0.05, 0) is 53.5 Å². The molecule has 4 aromatic rings. The summed E-state index contributed by atoms with van der Waals surface area (Å²) in [6.07, 6.45) is 3.08. The summed E-state index contributed by atoms with van der Waals surface area (Å²) in [5.41, 5.74) is 6.78. The number of carbonyl (C=O) groups is 2. The Kier molecular flexibility index (Phi) is 5.53. The van der Waals surface area contributed by atoms with Crippen molar-refractivity contribution in [2.24, 2.45) is 0 Å². The maximum absolute atomic E-state index is 13.3. The van der Waals surface area contributed by atoms with Crippen LogP contribution in [0.4, 0.5) is 5.69 Å². The van der Waals surface area contributed by atoms with Gasteiger partial charge in [0.05, 0.1) is 12.1 Å². The number of halogens is 1. The van der Waals surface area contributed by atoms with Gasteiger partial charge in [0.15, 0.2) is 0 Å². The van der Waals surface area contributed by atoms with Gasteiger partial charge < -0.3 is 5.32 Å². The summed E-state index contributed by atoms with van der Waals surface area (Å²) in [4.78, 5) is 25.0. The molecule has 6 nitrogen and oxygen atoms in total. The fraction of sp³-hybridized carbons (Fsp3) is 0.172. The van der Waals surface area contributed by atoms with Crippen LogP contribution >= 0.6 is 11.6 Å². The summed E-state index contributed by atoms with van der Waals surface area (Å²) in [7, 11) is 0. The number of rotatable bonds is 5. The minimum atomic E-state index is -0.255. The zero-order valence-electron chi connectivity index (χ0n) is 19.7. The number of nitrogens with one attached hydrogen (secondary N) is 1. The van der Waals surface area contributed by atoms with Crippen molar-refractivity contribution in [3.05, 3.63) is 112 Å². The maximum atomic E-state index is 13.3. The number of fused-ring (bicyclic) bond motifs is 4.